The van der Waals surface area contributed by atoms with Crippen LogP contribution < -0.4 is 0 Å². The standard InChI is InChI=1S/C29H48O5/c1-8-26(4)11-9-12-27(5)19(26)10-13-28(6)20(27)15-22(34-17(3)30)29(7)21(28)14-18(31)23-16(2)33-25(32)24(23)29/h16,18-25,31-32H,8-15H2,1-7H3/t16-,18-,19-,20+,21-,22-,23+,24+,25+,26-,27-,28+,29+/m0/s1. The molecule has 0 bridgehead atoms. The van der Waals surface area contributed by atoms with Crippen LogP contribution in [-0.2, 0) is 14.3 Å². The molecule has 1 saturated heterocycles. The van der Waals surface area contributed by atoms with E-state index in [0.29, 0.717) is 23.7 Å². The molecule has 0 unspecified atom stereocenters. The summed E-state index contributed by atoms with van der Waals surface area (Å²) in [6.45, 7) is 15.6. The van der Waals surface area contributed by atoms with E-state index in [4.69, 9.17) is 9.47 Å². The Kier molecular flexibility index (Phi) is 5.83. The number of hydrogen-bond acceptors (Lipinski definition) is 5. The number of aliphatic hydroxyl groups is 2. The molecule has 0 aromatic carbocycles. The van der Waals surface area contributed by atoms with Gasteiger partial charge >= 0.3 is 5.97 Å². The molecule has 34 heavy (non-hydrogen) atoms. The lowest BCUT2D eigenvalue weighted by molar-refractivity contribution is -0.277. The zero-order valence-corrected chi connectivity index (χ0v) is 22.5. The minimum absolute atomic E-state index is 0.0418. The van der Waals surface area contributed by atoms with Crippen LogP contribution in [0.1, 0.15) is 99.8 Å². The number of carbonyl (C=O) groups is 1. The molecule has 5 heteroatoms. The fraction of sp³-hybridized carbons (Fsp3) is 0.966. The largest absolute Gasteiger partial charge is 0.462 e. The van der Waals surface area contributed by atoms with Gasteiger partial charge in [0.1, 0.15) is 6.10 Å². The number of esters is 1. The number of fused-ring (bicyclic) bond motifs is 7. The molecule has 0 radical (unpaired) electrons. The van der Waals surface area contributed by atoms with Crippen molar-refractivity contribution >= 4 is 5.97 Å². The van der Waals surface area contributed by atoms with Crippen LogP contribution in [0.15, 0.2) is 0 Å². The Hall–Kier alpha value is -0.650. The smallest absolute Gasteiger partial charge is 0.302 e. The van der Waals surface area contributed by atoms with Crippen LogP contribution in [0.3, 0.4) is 0 Å². The predicted molar refractivity (Wildman–Crippen MR) is 131 cm³/mol. The van der Waals surface area contributed by atoms with Crippen LogP contribution >= 0.6 is 0 Å². The Morgan fingerprint density at radius 2 is 1.68 bits per heavy atom. The van der Waals surface area contributed by atoms with E-state index >= 15 is 0 Å². The van der Waals surface area contributed by atoms with Gasteiger partial charge in [0.2, 0.25) is 0 Å². The molecule has 5 rings (SSSR count). The average Bonchev–Trinajstić information content (AvgIpc) is 3.06. The van der Waals surface area contributed by atoms with Crippen LogP contribution in [-0.4, -0.2) is 40.8 Å². The zero-order chi connectivity index (χ0) is 24.8. The molecule has 5 nitrogen and oxygen atoms in total. The second kappa shape index (κ2) is 7.92. The number of hydrogen-bond donors (Lipinski definition) is 2. The van der Waals surface area contributed by atoms with E-state index in [1.165, 1.54) is 39.0 Å². The van der Waals surface area contributed by atoms with Crippen LogP contribution in [0.5, 0.6) is 0 Å². The van der Waals surface area contributed by atoms with Crippen molar-refractivity contribution in [3.05, 3.63) is 0 Å². The molecule has 4 saturated carbocycles. The Bertz CT molecular complexity index is 829. The van der Waals surface area contributed by atoms with E-state index in [2.05, 4.69) is 34.6 Å². The van der Waals surface area contributed by atoms with Crippen molar-refractivity contribution in [2.75, 3.05) is 0 Å². The highest BCUT2D eigenvalue weighted by Gasteiger charge is 2.73. The zero-order valence-electron chi connectivity index (χ0n) is 22.5. The summed E-state index contributed by atoms with van der Waals surface area (Å²) in [4.78, 5) is 12.4. The fourth-order valence-corrected chi connectivity index (χ4v) is 11.2. The molecule has 4 aliphatic carbocycles. The van der Waals surface area contributed by atoms with Gasteiger partial charge < -0.3 is 19.7 Å². The molecule has 5 aliphatic rings. The van der Waals surface area contributed by atoms with Crippen LogP contribution in [0, 0.1) is 51.2 Å². The topological polar surface area (TPSA) is 76.0 Å². The monoisotopic (exact) mass is 476 g/mol. The average molecular weight is 477 g/mol. The summed E-state index contributed by atoms with van der Waals surface area (Å²) in [5.74, 6) is 0.706. The van der Waals surface area contributed by atoms with Crippen molar-refractivity contribution < 1.29 is 24.5 Å². The lowest BCUT2D eigenvalue weighted by atomic mass is 9.33. The molecule has 0 aromatic heterocycles. The van der Waals surface area contributed by atoms with Crippen molar-refractivity contribution in [1.29, 1.82) is 0 Å². The van der Waals surface area contributed by atoms with Gasteiger partial charge in [0.25, 0.3) is 0 Å². The van der Waals surface area contributed by atoms with Gasteiger partial charge in [-0.2, -0.15) is 0 Å². The predicted octanol–water partition coefficient (Wildman–Crippen LogP) is 5.32. The Balaban J connectivity index is 1.62. The number of ether oxygens (including phenoxy) is 2. The summed E-state index contributed by atoms with van der Waals surface area (Å²) in [6, 6.07) is 0. The molecule has 2 N–H and O–H groups in total. The quantitative estimate of drug-likeness (QED) is 0.528. The van der Waals surface area contributed by atoms with Gasteiger partial charge in [-0.15, -0.1) is 0 Å². The summed E-state index contributed by atoms with van der Waals surface area (Å²) >= 11 is 0. The highest BCUT2D eigenvalue weighted by molar-refractivity contribution is 5.66. The molecule has 1 heterocycles. The van der Waals surface area contributed by atoms with Gasteiger partial charge in [-0.1, -0.05) is 47.5 Å². The molecule has 0 amide bonds. The summed E-state index contributed by atoms with van der Waals surface area (Å²) in [5.41, 5.74) is 0.195. The first-order valence-corrected chi connectivity index (χ1v) is 14.0. The summed E-state index contributed by atoms with van der Waals surface area (Å²) in [5, 5.41) is 22.5. The van der Waals surface area contributed by atoms with Crippen molar-refractivity contribution in [1.82, 2.24) is 0 Å². The molecule has 5 fully saturated rings. The van der Waals surface area contributed by atoms with Crippen LogP contribution in [0.2, 0.25) is 0 Å². The van der Waals surface area contributed by atoms with Crippen molar-refractivity contribution in [2.45, 2.75) is 124 Å². The first-order valence-electron chi connectivity index (χ1n) is 14.0. The van der Waals surface area contributed by atoms with Gasteiger partial charge in [-0.05, 0) is 79.4 Å². The first-order chi connectivity index (χ1) is 15.8. The van der Waals surface area contributed by atoms with Crippen LogP contribution in [0.25, 0.3) is 0 Å². The molecule has 0 aromatic rings. The minimum Gasteiger partial charge on any atom is -0.462 e. The second-order valence-electron chi connectivity index (χ2n) is 13.9. The third-order valence-electron chi connectivity index (χ3n) is 12.7. The highest BCUT2D eigenvalue weighted by Crippen LogP contribution is 2.75. The van der Waals surface area contributed by atoms with E-state index < -0.39 is 17.8 Å². The van der Waals surface area contributed by atoms with Gasteiger partial charge in [-0.25, -0.2) is 0 Å². The number of rotatable bonds is 2. The van der Waals surface area contributed by atoms with E-state index in [0.717, 1.165) is 12.8 Å². The second-order valence-corrected chi connectivity index (χ2v) is 13.9. The maximum Gasteiger partial charge on any atom is 0.302 e. The number of carbonyl (C=O) groups excluding carboxylic acids is 1. The third kappa shape index (κ3) is 3.11. The van der Waals surface area contributed by atoms with Crippen molar-refractivity contribution in [2.24, 2.45) is 51.2 Å². The van der Waals surface area contributed by atoms with Gasteiger partial charge in [0.05, 0.1) is 12.2 Å². The van der Waals surface area contributed by atoms with Crippen molar-refractivity contribution in [3.63, 3.8) is 0 Å². The normalized spacial score (nSPS) is 58.8. The summed E-state index contributed by atoms with van der Waals surface area (Å²) < 4.78 is 12.1. The summed E-state index contributed by atoms with van der Waals surface area (Å²) in [7, 11) is 0. The van der Waals surface area contributed by atoms with Gasteiger partial charge in [0.15, 0.2) is 6.29 Å². The minimum atomic E-state index is -0.925. The summed E-state index contributed by atoms with van der Waals surface area (Å²) in [6.07, 6.45) is 7.09. The first kappa shape index (κ1) is 25.0. The molecule has 13 atom stereocenters. The van der Waals surface area contributed by atoms with E-state index in [1.807, 2.05) is 6.92 Å². The van der Waals surface area contributed by atoms with E-state index in [1.54, 1.807) is 0 Å². The third-order valence-corrected chi connectivity index (χ3v) is 12.7. The lowest BCUT2D eigenvalue weighted by Crippen LogP contribution is -2.69. The van der Waals surface area contributed by atoms with Crippen LogP contribution in [0.4, 0.5) is 0 Å². The van der Waals surface area contributed by atoms with E-state index in [-0.39, 0.29) is 46.8 Å². The van der Waals surface area contributed by atoms with Gasteiger partial charge in [0, 0.05) is 24.2 Å². The maximum absolute atomic E-state index is 12.4. The Morgan fingerprint density at radius 1 is 1.00 bits per heavy atom. The molecule has 1 aliphatic heterocycles. The molecular weight excluding hydrogens is 428 g/mol. The fourth-order valence-electron chi connectivity index (χ4n) is 11.2. The highest BCUT2D eigenvalue weighted by atomic mass is 16.6. The van der Waals surface area contributed by atoms with Crippen molar-refractivity contribution in [3.8, 4) is 0 Å². The Morgan fingerprint density at radius 3 is 2.32 bits per heavy atom. The number of aliphatic hydroxyl groups excluding tert-OH is 2. The molecule has 194 valence electrons. The molecular formula is C29H48O5. The molecule has 0 spiro atoms. The van der Waals surface area contributed by atoms with E-state index in [9.17, 15) is 15.0 Å². The van der Waals surface area contributed by atoms with Gasteiger partial charge in [-0.3, -0.25) is 4.79 Å². The maximum atomic E-state index is 12.4. The lowest BCUT2D eigenvalue weighted by Gasteiger charge is -2.72. The SMILES string of the molecule is CC[C@@]1(C)CCC[C@]2(C)[C@H]3C[C@H](OC(C)=O)[C@]4(C)[C@@H]5[C@H]([C@H](C)O[C@H]5O)[C@@H](O)C[C@H]4[C@]3(C)CC[C@@H]12. The Labute approximate surface area is 206 Å².